The van der Waals surface area contributed by atoms with E-state index in [9.17, 15) is 9.59 Å². The number of morpholine rings is 1. The molecule has 1 saturated heterocycles. The Labute approximate surface area is 184 Å². The largest absolute Gasteiger partial charge is 0.460 e. The van der Waals surface area contributed by atoms with Gasteiger partial charge in [0.25, 0.3) is 0 Å². The number of rotatable bonds is 6. The summed E-state index contributed by atoms with van der Waals surface area (Å²) in [7, 11) is 0. The first-order valence-corrected chi connectivity index (χ1v) is 11.2. The van der Waals surface area contributed by atoms with Crippen molar-refractivity contribution in [1.29, 1.82) is 0 Å². The zero-order valence-corrected chi connectivity index (χ0v) is 17.8. The number of hydrogen-bond acceptors (Lipinski definition) is 4. The Kier molecular flexibility index (Phi) is 7.20. The Hall–Kier alpha value is -2.86. The van der Waals surface area contributed by atoms with E-state index in [-0.39, 0.29) is 24.1 Å². The molecule has 31 heavy (non-hydrogen) atoms. The number of para-hydroxylation sites is 1. The molecule has 3 atom stereocenters. The molecular weight excluding hydrogens is 390 g/mol. The molecule has 4 rings (SSSR count). The van der Waals surface area contributed by atoms with Gasteiger partial charge in [-0.05, 0) is 36.5 Å². The first kappa shape index (κ1) is 21.4. The van der Waals surface area contributed by atoms with Crippen molar-refractivity contribution in [2.24, 2.45) is 5.92 Å². The molecule has 2 aromatic rings. The average Bonchev–Trinajstić information content (AvgIpc) is 2.76. The summed E-state index contributed by atoms with van der Waals surface area (Å²) < 4.78 is 5.61. The predicted octanol–water partition coefficient (Wildman–Crippen LogP) is 3.84. The van der Waals surface area contributed by atoms with Gasteiger partial charge in [0.05, 0.1) is 6.54 Å². The molecule has 2 aliphatic rings. The summed E-state index contributed by atoms with van der Waals surface area (Å²) >= 11 is 0. The van der Waals surface area contributed by atoms with Crippen LogP contribution in [-0.4, -0.2) is 48.7 Å². The molecule has 0 spiro atoms. The second-order valence-corrected chi connectivity index (χ2v) is 8.61. The molecule has 6 heteroatoms. The van der Waals surface area contributed by atoms with Crippen molar-refractivity contribution in [3.8, 4) is 0 Å². The lowest BCUT2D eigenvalue weighted by atomic mass is 9.84. The molecule has 1 aliphatic carbocycles. The summed E-state index contributed by atoms with van der Waals surface area (Å²) in [6, 6.07) is 19.6. The number of benzene rings is 2. The third-order valence-electron chi connectivity index (χ3n) is 6.17. The topological polar surface area (TPSA) is 70.7 Å². The van der Waals surface area contributed by atoms with Gasteiger partial charge in [0.15, 0.2) is 0 Å². The molecule has 2 N–H and O–H groups in total. The van der Waals surface area contributed by atoms with Crippen LogP contribution in [0.15, 0.2) is 60.7 Å². The Morgan fingerprint density at radius 3 is 2.48 bits per heavy atom. The second kappa shape index (κ2) is 10.4. The molecule has 1 heterocycles. The van der Waals surface area contributed by atoms with E-state index in [4.69, 9.17) is 4.74 Å². The molecule has 1 aliphatic heterocycles. The van der Waals surface area contributed by atoms with E-state index in [0.29, 0.717) is 12.5 Å². The van der Waals surface area contributed by atoms with Crippen molar-refractivity contribution in [2.75, 3.05) is 25.0 Å². The lowest BCUT2D eigenvalue weighted by Crippen LogP contribution is -2.52. The van der Waals surface area contributed by atoms with Gasteiger partial charge in [0.2, 0.25) is 0 Å². The van der Waals surface area contributed by atoms with Crippen LogP contribution >= 0.6 is 0 Å². The number of hydrogen-bond donors (Lipinski definition) is 2. The van der Waals surface area contributed by atoms with E-state index in [1.165, 1.54) is 5.56 Å². The van der Waals surface area contributed by atoms with E-state index in [2.05, 4.69) is 27.7 Å². The fourth-order valence-electron chi connectivity index (χ4n) is 4.72. The van der Waals surface area contributed by atoms with Crippen LogP contribution in [0, 0.1) is 5.92 Å². The first-order chi connectivity index (χ1) is 15.2. The van der Waals surface area contributed by atoms with Gasteiger partial charge in [-0.1, -0.05) is 61.4 Å². The predicted molar refractivity (Wildman–Crippen MR) is 121 cm³/mol. The van der Waals surface area contributed by atoms with E-state index in [1.807, 2.05) is 48.5 Å². The highest BCUT2D eigenvalue weighted by atomic mass is 16.5. The highest BCUT2D eigenvalue weighted by molar-refractivity contribution is 5.89. The summed E-state index contributed by atoms with van der Waals surface area (Å²) in [6.45, 7) is 1.86. The fraction of sp³-hybridized carbons (Fsp3) is 0.440. The van der Waals surface area contributed by atoms with Gasteiger partial charge >= 0.3 is 12.0 Å². The number of urea groups is 1. The summed E-state index contributed by atoms with van der Waals surface area (Å²) in [5.41, 5.74) is 1.96. The molecule has 2 aromatic carbocycles. The maximum Gasteiger partial charge on any atom is 0.320 e. The van der Waals surface area contributed by atoms with E-state index in [0.717, 1.165) is 50.9 Å². The zero-order chi connectivity index (χ0) is 21.5. The van der Waals surface area contributed by atoms with E-state index < -0.39 is 0 Å². The van der Waals surface area contributed by atoms with Crippen LogP contribution < -0.4 is 10.6 Å². The van der Waals surface area contributed by atoms with Crippen molar-refractivity contribution in [3.63, 3.8) is 0 Å². The minimum atomic E-state index is -0.164. The number of cyclic esters (lactones) is 1. The van der Waals surface area contributed by atoms with Crippen LogP contribution in [0.1, 0.15) is 31.2 Å². The van der Waals surface area contributed by atoms with Crippen LogP contribution in [0.4, 0.5) is 10.5 Å². The fourth-order valence-corrected chi connectivity index (χ4v) is 4.72. The SMILES string of the molecule is O=C(Nc1ccccc1)N[C@@H]1CCCC[C@H]1CN1CC(=O)O[C@@H](Cc2ccccc2)C1. The molecule has 0 radical (unpaired) electrons. The monoisotopic (exact) mass is 421 g/mol. The second-order valence-electron chi connectivity index (χ2n) is 8.61. The van der Waals surface area contributed by atoms with Gasteiger partial charge < -0.3 is 15.4 Å². The molecule has 2 fully saturated rings. The van der Waals surface area contributed by atoms with Crippen LogP contribution in [0.3, 0.4) is 0 Å². The molecule has 0 aromatic heterocycles. The molecule has 2 amide bonds. The number of ether oxygens (including phenoxy) is 1. The molecule has 164 valence electrons. The third kappa shape index (κ3) is 6.31. The summed E-state index contributed by atoms with van der Waals surface area (Å²) in [5, 5.41) is 6.09. The van der Waals surface area contributed by atoms with Crippen LogP contribution in [0.25, 0.3) is 0 Å². The number of nitrogens with one attached hydrogen (secondary N) is 2. The lowest BCUT2D eigenvalue weighted by Gasteiger charge is -2.38. The van der Waals surface area contributed by atoms with Crippen molar-refractivity contribution in [2.45, 2.75) is 44.2 Å². The van der Waals surface area contributed by atoms with E-state index in [1.54, 1.807) is 0 Å². The Bertz CT molecular complexity index is 859. The van der Waals surface area contributed by atoms with Crippen molar-refractivity contribution >= 4 is 17.7 Å². The van der Waals surface area contributed by atoms with Crippen LogP contribution in [-0.2, 0) is 16.0 Å². The number of esters is 1. The quantitative estimate of drug-likeness (QED) is 0.696. The van der Waals surface area contributed by atoms with E-state index >= 15 is 0 Å². The maximum absolute atomic E-state index is 12.5. The minimum absolute atomic E-state index is 0.114. The normalized spacial score (nSPS) is 24.3. The zero-order valence-electron chi connectivity index (χ0n) is 17.8. The Balaban J connectivity index is 1.33. The first-order valence-electron chi connectivity index (χ1n) is 11.2. The van der Waals surface area contributed by atoms with Gasteiger partial charge in [0, 0.05) is 31.2 Å². The number of carbonyl (C=O) groups excluding carboxylic acids is 2. The molecular formula is C25H31N3O3. The Morgan fingerprint density at radius 2 is 1.71 bits per heavy atom. The van der Waals surface area contributed by atoms with Crippen molar-refractivity contribution in [1.82, 2.24) is 10.2 Å². The van der Waals surface area contributed by atoms with Gasteiger partial charge in [-0.25, -0.2) is 4.79 Å². The van der Waals surface area contributed by atoms with Gasteiger partial charge in [0.1, 0.15) is 6.10 Å². The summed E-state index contributed by atoms with van der Waals surface area (Å²) in [6.07, 6.45) is 4.92. The molecule has 6 nitrogen and oxygen atoms in total. The lowest BCUT2D eigenvalue weighted by molar-refractivity contribution is -0.159. The van der Waals surface area contributed by atoms with Gasteiger partial charge in [-0.3, -0.25) is 9.69 Å². The standard InChI is InChI=1S/C25H31N3O3/c29-24-18-28(17-22(31-24)15-19-9-3-1-4-10-19)16-20-11-7-8-14-23(20)27-25(30)26-21-12-5-2-6-13-21/h1-6,9-10,12-13,20,22-23H,7-8,11,14-18H2,(H2,26,27,30)/t20-,22-,23+/m0/s1. The molecule has 0 unspecified atom stereocenters. The van der Waals surface area contributed by atoms with Crippen molar-refractivity contribution < 1.29 is 14.3 Å². The number of amides is 2. The summed E-state index contributed by atoms with van der Waals surface area (Å²) in [4.78, 5) is 27.0. The van der Waals surface area contributed by atoms with Gasteiger partial charge in [-0.2, -0.15) is 0 Å². The van der Waals surface area contributed by atoms with Crippen LogP contribution in [0.2, 0.25) is 0 Å². The van der Waals surface area contributed by atoms with Crippen molar-refractivity contribution in [3.05, 3.63) is 66.2 Å². The minimum Gasteiger partial charge on any atom is -0.460 e. The highest BCUT2D eigenvalue weighted by Gasteiger charge is 2.32. The van der Waals surface area contributed by atoms with Gasteiger partial charge in [-0.15, -0.1) is 0 Å². The maximum atomic E-state index is 12.5. The Morgan fingerprint density at radius 1 is 1.00 bits per heavy atom. The summed E-state index contributed by atoms with van der Waals surface area (Å²) in [5.74, 6) is 0.174. The average molecular weight is 422 g/mol. The number of anilines is 1. The van der Waals surface area contributed by atoms with Crippen LogP contribution in [0.5, 0.6) is 0 Å². The third-order valence-corrected chi connectivity index (χ3v) is 6.17. The number of nitrogens with zero attached hydrogens (tertiary/aromatic N) is 1. The molecule has 0 bridgehead atoms. The molecule has 1 saturated carbocycles. The number of carbonyl (C=O) groups is 2. The smallest absolute Gasteiger partial charge is 0.320 e. The highest BCUT2D eigenvalue weighted by Crippen LogP contribution is 2.26.